The molecule has 0 fully saturated rings. The molecule has 0 bridgehead atoms. The summed E-state index contributed by atoms with van der Waals surface area (Å²) in [6.07, 6.45) is 3.87. The van der Waals surface area contributed by atoms with E-state index >= 15 is 0 Å². The summed E-state index contributed by atoms with van der Waals surface area (Å²) >= 11 is 0. The van der Waals surface area contributed by atoms with Gasteiger partial charge in [0, 0.05) is 26.4 Å². The Hall–Kier alpha value is -2.11. The molecule has 0 amide bonds. The van der Waals surface area contributed by atoms with Crippen molar-refractivity contribution in [1.29, 1.82) is 0 Å². The third kappa shape index (κ3) is 2.93. The van der Waals surface area contributed by atoms with Crippen LogP contribution in [-0.4, -0.2) is 21.7 Å². The van der Waals surface area contributed by atoms with E-state index in [0.29, 0.717) is 0 Å². The minimum Gasteiger partial charge on any atom is -0.463 e. The van der Waals surface area contributed by atoms with Crippen molar-refractivity contribution >= 4 is 12.0 Å². The zero-order valence-corrected chi connectivity index (χ0v) is 9.97. The summed E-state index contributed by atoms with van der Waals surface area (Å²) < 4.78 is 6.93. The molecule has 17 heavy (non-hydrogen) atoms. The lowest BCUT2D eigenvalue weighted by Crippen LogP contribution is -2.37. The molecule has 0 aromatic carbocycles. The van der Waals surface area contributed by atoms with Crippen LogP contribution in [0.1, 0.15) is 12.5 Å². The quantitative estimate of drug-likeness (QED) is 0.533. The van der Waals surface area contributed by atoms with Crippen LogP contribution in [0.3, 0.4) is 0 Å². The molecule has 0 radical (unpaired) electrons. The number of nitrogens with zero attached hydrogens (tertiary/aromatic N) is 2. The molecule has 0 saturated heterocycles. The van der Waals surface area contributed by atoms with Gasteiger partial charge in [-0.3, -0.25) is 9.36 Å². The lowest BCUT2D eigenvalue weighted by molar-refractivity contribution is -0.137. The molecule has 1 heterocycles. The van der Waals surface area contributed by atoms with Crippen molar-refractivity contribution in [2.75, 3.05) is 6.61 Å². The maximum atomic E-state index is 11.7. The Morgan fingerprint density at radius 1 is 1.41 bits per heavy atom. The Morgan fingerprint density at radius 2 is 2.06 bits per heavy atom. The van der Waals surface area contributed by atoms with Crippen molar-refractivity contribution in [3.8, 4) is 0 Å². The van der Waals surface area contributed by atoms with E-state index in [-0.39, 0.29) is 12.2 Å². The van der Waals surface area contributed by atoms with E-state index in [1.165, 1.54) is 30.9 Å². The standard InChI is InChI=1S/C11H14N2O4/c1-4-17-9(14)6-5-8-7-12(2)11(16)13(3)10(8)15/h5-7H,4H2,1-3H3/b6-5+. The normalized spacial score (nSPS) is 10.8. The molecule has 0 spiro atoms. The topological polar surface area (TPSA) is 70.3 Å². The largest absolute Gasteiger partial charge is 0.463 e. The fourth-order valence-corrected chi connectivity index (χ4v) is 1.30. The summed E-state index contributed by atoms with van der Waals surface area (Å²) in [5.41, 5.74) is -0.611. The van der Waals surface area contributed by atoms with E-state index in [4.69, 9.17) is 0 Å². The maximum Gasteiger partial charge on any atom is 0.330 e. The average molecular weight is 238 g/mol. The molecule has 6 nitrogen and oxygen atoms in total. The summed E-state index contributed by atoms with van der Waals surface area (Å²) in [6.45, 7) is 1.96. The number of aromatic nitrogens is 2. The Bertz CT molecular complexity index is 566. The van der Waals surface area contributed by atoms with Gasteiger partial charge >= 0.3 is 11.7 Å². The zero-order chi connectivity index (χ0) is 13.0. The van der Waals surface area contributed by atoms with Crippen LogP contribution in [-0.2, 0) is 23.6 Å². The fraction of sp³-hybridized carbons (Fsp3) is 0.364. The van der Waals surface area contributed by atoms with E-state index in [9.17, 15) is 14.4 Å². The minimum absolute atomic E-state index is 0.252. The van der Waals surface area contributed by atoms with Gasteiger partial charge in [0.05, 0.1) is 12.2 Å². The minimum atomic E-state index is -0.525. The van der Waals surface area contributed by atoms with Crippen LogP contribution in [0.25, 0.3) is 6.08 Å². The monoisotopic (exact) mass is 238 g/mol. The van der Waals surface area contributed by atoms with Crippen LogP contribution in [0, 0.1) is 0 Å². The molecule has 92 valence electrons. The molecule has 6 heteroatoms. The van der Waals surface area contributed by atoms with Gasteiger partial charge in [0.15, 0.2) is 0 Å². The van der Waals surface area contributed by atoms with Gasteiger partial charge in [0.1, 0.15) is 0 Å². The summed E-state index contributed by atoms with van der Waals surface area (Å²) in [7, 11) is 2.91. The van der Waals surface area contributed by atoms with Gasteiger partial charge in [-0.25, -0.2) is 9.59 Å². The molecule has 0 saturated carbocycles. The third-order valence-corrected chi connectivity index (χ3v) is 2.16. The first-order valence-electron chi connectivity index (χ1n) is 5.09. The summed E-state index contributed by atoms with van der Waals surface area (Å²) in [6, 6.07) is 0. The van der Waals surface area contributed by atoms with Crippen LogP contribution in [0.5, 0.6) is 0 Å². The number of ether oxygens (including phenoxy) is 1. The van der Waals surface area contributed by atoms with E-state index in [1.807, 2.05) is 0 Å². The Kier molecular flexibility index (Phi) is 4.03. The second-order valence-electron chi connectivity index (χ2n) is 3.43. The van der Waals surface area contributed by atoms with Crippen LogP contribution < -0.4 is 11.2 Å². The van der Waals surface area contributed by atoms with Crippen LogP contribution >= 0.6 is 0 Å². The highest BCUT2D eigenvalue weighted by molar-refractivity contribution is 5.86. The highest BCUT2D eigenvalue weighted by atomic mass is 16.5. The number of carbonyl (C=O) groups excluding carboxylic acids is 1. The van der Waals surface area contributed by atoms with E-state index < -0.39 is 17.2 Å². The molecule has 1 aromatic heterocycles. The van der Waals surface area contributed by atoms with Gasteiger partial charge in [0.2, 0.25) is 0 Å². The highest BCUT2D eigenvalue weighted by Crippen LogP contribution is 1.93. The highest BCUT2D eigenvalue weighted by Gasteiger charge is 2.04. The first-order chi connectivity index (χ1) is 7.97. The van der Waals surface area contributed by atoms with Crippen molar-refractivity contribution in [2.24, 2.45) is 14.1 Å². The second-order valence-corrected chi connectivity index (χ2v) is 3.43. The number of aryl methyl sites for hydroxylation is 1. The number of rotatable bonds is 3. The van der Waals surface area contributed by atoms with Crippen molar-refractivity contribution in [3.05, 3.63) is 38.7 Å². The Balaban J connectivity index is 3.13. The van der Waals surface area contributed by atoms with Crippen molar-refractivity contribution < 1.29 is 9.53 Å². The molecular formula is C11H14N2O4. The van der Waals surface area contributed by atoms with Gasteiger partial charge < -0.3 is 9.30 Å². The summed E-state index contributed by atoms with van der Waals surface area (Å²) in [4.78, 5) is 34.1. The van der Waals surface area contributed by atoms with Crippen molar-refractivity contribution in [2.45, 2.75) is 6.92 Å². The van der Waals surface area contributed by atoms with Gasteiger partial charge in [0.25, 0.3) is 5.56 Å². The van der Waals surface area contributed by atoms with E-state index in [2.05, 4.69) is 4.74 Å². The first kappa shape index (κ1) is 13.0. The third-order valence-electron chi connectivity index (χ3n) is 2.16. The molecular weight excluding hydrogens is 224 g/mol. The average Bonchev–Trinajstić information content (AvgIpc) is 2.30. The van der Waals surface area contributed by atoms with Gasteiger partial charge in [-0.1, -0.05) is 0 Å². The van der Waals surface area contributed by atoms with E-state index in [0.717, 1.165) is 10.6 Å². The molecule has 0 atom stereocenters. The lowest BCUT2D eigenvalue weighted by atomic mass is 10.3. The molecule has 1 aromatic rings. The van der Waals surface area contributed by atoms with E-state index in [1.54, 1.807) is 6.92 Å². The molecule has 0 aliphatic carbocycles. The predicted octanol–water partition coefficient (Wildman–Crippen LogP) is -0.340. The number of carbonyl (C=O) groups is 1. The molecule has 1 rings (SSSR count). The summed E-state index contributed by atoms with van der Waals surface area (Å²) in [5.74, 6) is -0.525. The van der Waals surface area contributed by atoms with Gasteiger partial charge in [-0.15, -0.1) is 0 Å². The first-order valence-corrected chi connectivity index (χ1v) is 5.09. The second kappa shape index (κ2) is 5.29. The van der Waals surface area contributed by atoms with Crippen molar-refractivity contribution in [3.63, 3.8) is 0 Å². The predicted molar refractivity (Wildman–Crippen MR) is 62.6 cm³/mol. The van der Waals surface area contributed by atoms with Gasteiger partial charge in [-0.05, 0) is 13.0 Å². The van der Waals surface area contributed by atoms with Crippen LogP contribution in [0.4, 0.5) is 0 Å². The maximum absolute atomic E-state index is 11.7. The smallest absolute Gasteiger partial charge is 0.330 e. The zero-order valence-electron chi connectivity index (χ0n) is 9.97. The van der Waals surface area contributed by atoms with Crippen molar-refractivity contribution in [1.82, 2.24) is 9.13 Å². The van der Waals surface area contributed by atoms with Gasteiger partial charge in [-0.2, -0.15) is 0 Å². The molecule has 0 unspecified atom stereocenters. The SMILES string of the molecule is CCOC(=O)/C=C/c1cn(C)c(=O)n(C)c1=O. The Morgan fingerprint density at radius 3 is 2.65 bits per heavy atom. The number of hydrogen-bond acceptors (Lipinski definition) is 4. The van der Waals surface area contributed by atoms with Crippen LogP contribution in [0.2, 0.25) is 0 Å². The molecule has 0 aliphatic heterocycles. The Labute approximate surface area is 97.8 Å². The lowest BCUT2D eigenvalue weighted by Gasteiger charge is -2.03. The fourth-order valence-electron chi connectivity index (χ4n) is 1.30. The van der Waals surface area contributed by atoms with Crippen LogP contribution in [0.15, 0.2) is 21.9 Å². The number of esters is 1. The number of hydrogen-bond donors (Lipinski definition) is 0. The summed E-state index contributed by atoms with van der Waals surface area (Å²) in [5, 5.41) is 0. The molecule has 0 N–H and O–H groups in total. The molecule has 0 aliphatic rings.